The van der Waals surface area contributed by atoms with Crippen LogP contribution in [0.3, 0.4) is 0 Å². The number of hydrogen-bond donors (Lipinski definition) is 2. The highest BCUT2D eigenvalue weighted by Crippen LogP contribution is 2.47. The number of unbranched alkanes of at least 4 members (excludes halogenated alkanes) is 2. The molecule has 208 valence electrons. The van der Waals surface area contributed by atoms with Gasteiger partial charge in [-0.15, -0.1) is 0 Å². The van der Waals surface area contributed by atoms with Gasteiger partial charge in [0, 0.05) is 24.6 Å². The molecule has 2 saturated heterocycles. The molecule has 2 aliphatic heterocycles. The molecule has 6 nitrogen and oxygen atoms in total. The van der Waals surface area contributed by atoms with E-state index in [1.807, 2.05) is 0 Å². The molecule has 2 N–H and O–H groups in total. The Kier molecular flexibility index (Phi) is 10.6. The highest BCUT2D eigenvalue weighted by Gasteiger charge is 2.32. The summed E-state index contributed by atoms with van der Waals surface area (Å²) in [4.78, 5) is 0. The lowest BCUT2D eigenvalue weighted by molar-refractivity contribution is 0.394. The Hall–Kier alpha value is -2.00. The van der Waals surface area contributed by atoms with Crippen molar-refractivity contribution in [3.63, 3.8) is 0 Å². The lowest BCUT2D eigenvalue weighted by atomic mass is 9.73. The van der Waals surface area contributed by atoms with Gasteiger partial charge in [0.1, 0.15) is 11.5 Å². The Morgan fingerprint density at radius 1 is 1.05 bits per heavy atom. The molecule has 2 unspecified atom stereocenters. The van der Waals surface area contributed by atoms with E-state index in [9.17, 15) is 0 Å². The maximum absolute atomic E-state index is 6.40. The first-order valence-corrected chi connectivity index (χ1v) is 14.8. The molecule has 0 spiro atoms. The van der Waals surface area contributed by atoms with E-state index < -0.39 is 0 Å². The third-order valence-electron chi connectivity index (χ3n) is 7.37. The van der Waals surface area contributed by atoms with Gasteiger partial charge >= 0.3 is 0 Å². The summed E-state index contributed by atoms with van der Waals surface area (Å²) in [7, 11) is 0. The molecule has 4 atom stereocenters. The topological polar surface area (TPSA) is 67.6 Å². The number of hydrogen-bond acceptors (Lipinski definition) is 6. The number of epoxide rings is 2. The molecular weight excluding hydrogens is 516 g/mol. The average molecular weight is 559 g/mol. The van der Waals surface area contributed by atoms with Crippen LogP contribution in [0.25, 0.3) is 0 Å². The molecule has 3 aliphatic rings. The summed E-state index contributed by atoms with van der Waals surface area (Å²) in [5, 5.41) is 7.15. The van der Waals surface area contributed by atoms with Crippen molar-refractivity contribution >= 4 is 34.8 Å². The van der Waals surface area contributed by atoms with E-state index >= 15 is 0 Å². The number of rotatable bonds is 13. The molecule has 2 fully saturated rings. The second-order valence-electron chi connectivity index (χ2n) is 10.8. The van der Waals surface area contributed by atoms with Crippen molar-refractivity contribution < 1.29 is 18.9 Å². The minimum atomic E-state index is 0.0492. The molecule has 0 radical (unpaired) electrons. The van der Waals surface area contributed by atoms with Crippen molar-refractivity contribution in [3.8, 4) is 11.5 Å². The molecule has 1 aromatic rings. The Balaban J connectivity index is 1.68. The molecule has 0 bridgehead atoms. The fourth-order valence-electron chi connectivity index (χ4n) is 5.01. The Bertz CT molecular complexity index is 1050. The van der Waals surface area contributed by atoms with E-state index in [2.05, 4.69) is 56.2 Å². The van der Waals surface area contributed by atoms with Gasteiger partial charge in [-0.05, 0) is 94.0 Å². The number of ether oxygens (including phenoxy) is 4. The van der Waals surface area contributed by atoms with E-state index in [-0.39, 0.29) is 17.9 Å². The minimum Gasteiger partial charge on any atom is -0.431 e. The first-order chi connectivity index (χ1) is 18.3. The second-order valence-corrected chi connectivity index (χ2v) is 11.5. The van der Waals surface area contributed by atoms with Crippen LogP contribution in [0.2, 0.25) is 0 Å². The smallest absolute Gasteiger partial charge is 0.262 e. The molecule has 0 saturated carbocycles. The zero-order chi connectivity index (χ0) is 27.1. The molecule has 38 heavy (non-hydrogen) atoms. The minimum absolute atomic E-state index is 0.0492. The van der Waals surface area contributed by atoms with Crippen molar-refractivity contribution in [1.29, 1.82) is 0 Å². The second kappa shape index (κ2) is 13.9. The third kappa shape index (κ3) is 8.76. The van der Waals surface area contributed by atoms with Crippen LogP contribution in [0.5, 0.6) is 11.5 Å². The Labute approximate surface area is 238 Å². The van der Waals surface area contributed by atoms with Crippen LogP contribution in [0.1, 0.15) is 76.3 Å². The molecular formula is C30H42N2O4S2. The third-order valence-corrected chi connectivity index (χ3v) is 7.82. The van der Waals surface area contributed by atoms with Gasteiger partial charge in [0.15, 0.2) is 0 Å². The maximum atomic E-state index is 6.40. The van der Waals surface area contributed by atoms with E-state index in [0.29, 0.717) is 29.5 Å². The molecule has 1 aliphatic carbocycles. The molecule has 4 rings (SSSR count). The van der Waals surface area contributed by atoms with Crippen LogP contribution in [-0.2, 0) is 15.9 Å². The van der Waals surface area contributed by atoms with Crippen molar-refractivity contribution in [2.45, 2.75) is 83.8 Å². The molecule has 0 aromatic heterocycles. The van der Waals surface area contributed by atoms with Crippen LogP contribution < -0.4 is 20.1 Å². The standard InChI is InChI=1S/C30H42N2O4S2/c1-5-6-7-8-21-14-26(35-29(37)31-12-11-22-17-33-22)28(25-13-20(4)9-10-24(25)19(2)3)27(15-21)36-30(38)32-16-23-18-34-23/h13-15,22-25H,2,5-12,16-18H2,1,3-4H3,(H,31,37)(H,32,38)/t22?,23?,24-,25+/m0/s1. The van der Waals surface area contributed by atoms with Crippen LogP contribution >= 0.6 is 24.4 Å². The van der Waals surface area contributed by atoms with Crippen LogP contribution in [-0.4, -0.2) is 48.9 Å². The zero-order valence-corrected chi connectivity index (χ0v) is 24.6. The van der Waals surface area contributed by atoms with Crippen molar-refractivity contribution in [1.82, 2.24) is 10.6 Å². The molecule has 8 heteroatoms. The van der Waals surface area contributed by atoms with Gasteiger partial charge in [-0.25, -0.2) is 0 Å². The maximum Gasteiger partial charge on any atom is 0.262 e. The van der Waals surface area contributed by atoms with E-state index in [4.69, 9.17) is 43.4 Å². The fraction of sp³-hybridized carbons (Fsp3) is 0.600. The van der Waals surface area contributed by atoms with E-state index in [1.165, 1.54) is 12.0 Å². The number of thiocarbonyl (C=S) groups is 2. The highest BCUT2D eigenvalue weighted by atomic mass is 32.1. The predicted octanol–water partition coefficient (Wildman–Crippen LogP) is 6.13. The number of allylic oxidation sites excluding steroid dienone is 3. The summed E-state index contributed by atoms with van der Waals surface area (Å²) >= 11 is 11.2. The normalized spacial score (nSPS) is 23.7. The van der Waals surface area contributed by atoms with Gasteiger partial charge in [0.25, 0.3) is 10.3 Å². The van der Waals surface area contributed by atoms with Crippen LogP contribution in [0.15, 0.2) is 35.9 Å². The number of benzene rings is 1. The monoisotopic (exact) mass is 558 g/mol. The van der Waals surface area contributed by atoms with Crippen molar-refractivity contribution in [3.05, 3.63) is 47.1 Å². The summed E-state index contributed by atoms with van der Waals surface area (Å²) in [6, 6.07) is 4.27. The number of aryl methyl sites for hydroxylation is 1. The lowest BCUT2D eigenvalue weighted by Crippen LogP contribution is -2.31. The van der Waals surface area contributed by atoms with E-state index in [0.717, 1.165) is 79.9 Å². The first kappa shape index (κ1) is 29.0. The summed E-state index contributed by atoms with van der Waals surface area (Å²) in [6.45, 7) is 13.8. The van der Waals surface area contributed by atoms with Crippen LogP contribution in [0, 0.1) is 5.92 Å². The van der Waals surface area contributed by atoms with Gasteiger partial charge in [-0.1, -0.05) is 43.6 Å². The fourth-order valence-corrected chi connectivity index (χ4v) is 5.37. The lowest BCUT2D eigenvalue weighted by Gasteiger charge is -2.33. The van der Waals surface area contributed by atoms with Gasteiger partial charge < -0.3 is 29.6 Å². The zero-order valence-electron chi connectivity index (χ0n) is 23.0. The summed E-state index contributed by atoms with van der Waals surface area (Å²) in [5.74, 6) is 1.77. The Morgan fingerprint density at radius 2 is 1.71 bits per heavy atom. The summed E-state index contributed by atoms with van der Waals surface area (Å²) in [5.41, 5.74) is 4.63. The first-order valence-electron chi connectivity index (χ1n) is 14.0. The summed E-state index contributed by atoms with van der Waals surface area (Å²) < 4.78 is 23.4. The van der Waals surface area contributed by atoms with Crippen molar-refractivity contribution in [2.24, 2.45) is 5.92 Å². The van der Waals surface area contributed by atoms with E-state index in [1.54, 1.807) is 0 Å². The average Bonchev–Trinajstić information content (AvgIpc) is 3.78. The van der Waals surface area contributed by atoms with Gasteiger partial charge in [-0.2, -0.15) is 0 Å². The predicted molar refractivity (Wildman–Crippen MR) is 160 cm³/mol. The Morgan fingerprint density at radius 3 is 2.32 bits per heavy atom. The largest absolute Gasteiger partial charge is 0.431 e. The van der Waals surface area contributed by atoms with Crippen LogP contribution in [0.4, 0.5) is 0 Å². The van der Waals surface area contributed by atoms with Crippen molar-refractivity contribution in [2.75, 3.05) is 26.3 Å². The molecule has 1 aromatic carbocycles. The summed E-state index contributed by atoms with van der Waals surface area (Å²) in [6.07, 6.45) is 10.2. The quantitative estimate of drug-likeness (QED) is 0.130. The van der Waals surface area contributed by atoms with Gasteiger partial charge in [0.05, 0.1) is 25.4 Å². The SMILES string of the molecule is C=C(C)[C@@H]1CCC(C)=C[C@H]1c1c(OC(=S)NCCC2CO2)cc(CCCCC)cc1OC(=S)NCC1CO1. The molecule has 2 heterocycles. The highest BCUT2D eigenvalue weighted by molar-refractivity contribution is 7.80. The number of nitrogens with one attached hydrogen (secondary N) is 2. The van der Waals surface area contributed by atoms with Gasteiger partial charge in [-0.3, -0.25) is 0 Å². The molecule has 0 amide bonds. The van der Waals surface area contributed by atoms with Gasteiger partial charge in [0.2, 0.25) is 0 Å².